The molecule has 0 bridgehead atoms. The molecule has 1 nitrogen and oxygen atoms in total. The van der Waals surface area contributed by atoms with Crippen molar-refractivity contribution in [2.75, 3.05) is 0 Å². The van der Waals surface area contributed by atoms with Crippen LogP contribution in [0.1, 0.15) is 39.2 Å². The number of halogens is 2. The second-order valence-electron chi connectivity index (χ2n) is 4.62. The first-order valence-corrected chi connectivity index (χ1v) is 6.72. The number of rotatable bonds is 4. The summed E-state index contributed by atoms with van der Waals surface area (Å²) in [5.74, 6) is 0.481. The van der Waals surface area contributed by atoms with Crippen LogP contribution in [0.25, 0.3) is 0 Å². The van der Waals surface area contributed by atoms with Crippen LogP contribution in [0.15, 0.2) is 22.7 Å². The fourth-order valence-electron chi connectivity index (χ4n) is 1.86. The third-order valence-electron chi connectivity index (χ3n) is 2.95. The zero-order valence-electron chi connectivity index (χ0n) is 9.93. The zero-order chi connectivity index (χ0) is 12.3. The van der Waals surface area contributed by atoms with Crippen LogP contribution >= 0.6 is 27.5 Å². The molecule has 0 saturated heterocycles. The Morgan fingerprint density at radius 2 is 2.12 bits per heavy atom. The quantitative estimate of drug-likeness (QED) is 0.851. The van der Waals surface area contributed by atoms with Gasteiger partial charge in [0.25, 0.3) is 0 Å². The standard InChI is InChI=1S/C13H18BrClO/c1-4-9(2)8-13(3,16)11-6-5-10(14)7-12(11)15/h5-7,9,16H,4,8H2,1-3H3. The molecule has 0 spiro atoms. The van der Waals surface area contributed by atoms with Crippen molar-refractivity contribution in [2.24, 2.45) is 5.92 Å². The van der Waals surface area contributed by atoms with Gasteiger partial charge in [-0.2, -0.15) is 0 Å². The van der Waals surface area contributed by atoms with Gasteiger partial charge in [0.05, 0.1) is 5.60 Å². The number of hydrogen-bond acceptors (Lipinski definition) is 1. The molecule has 0 saturated carbocycles. The van der Waals surface area contributed by atoms with Crippen molar-refractivity contribution in [1.29, 1.82) is 0 Å². The van der Waals surface area contributed by atoms with Gasteiger partial charge in [-0.1, -0.05) is 53.9 Å². The van der Waals surface area contributed by atoms with Gasteiger partial charge in [0.15, 0.2) is 0 Å². The molecular weight excluding hydrogens is 287 g/mol. The minimum absolute atomic E-state index is 0.481. The van der Waals surface area contributed by atoms with Crippen LogP contribution in [0.3, 0.4) is 0 Å². The lowest BCUT2D eigenvalue weighted by atomic mass is 9.86. The molecule has 0 aliphatic carbocycles. The van der Waals surface area contributed by atoms with Crippen molar-refractivity contribution < 1.29 is 5.11 Å². The van der Waals surface area contributed by atoms with Gasteiger partial charge in [-0.25, -0.2) is 0 Å². The highest BCUT2D eigenvalue weighted by Gasteiger charge is 2.27. The van der Waals surface area contributed by atoms with Crippen molar-refractivity contribution in [2.45, 2.75) is 39.2 Å². The second-order valence-corrected chi connectivity index (χ2v) is 5.94. The van der Waals surface area contributed by atoms with E-state index in [2.05, 4.69) is 29.8 Å². The molecule has 0 amide bonds. The van der Waals surface area contributed by atoms with Crippen LogP contribution in [0.4, 0.5) is 0 Å². The first kappa shape index (κ1) is 14.0. The van der Waals surface area contributed by atoms with Gasteiger partial charge in [0.2, 0.25) is 0 Å². The first-order valence-electron chi connectivity index (χ1n) is 5.54. The summed E-state index contributed by atoms with van der Waals surface area (Å²) in [5.41, 5.74) is -0.0506. The summed E-state index contributed by atoms with van der Waals surface area (Å²) in [6, 6.07) is 5.61. The summed E-state index contributed by atoms with van der Waals surface area (Å²) in [7, 11) is 0. The number of aliphatic hydroxyl groups is 1. The molecule has 0 aromatic heterocycles. The van der Waals surface area contributed by atoms with Gasteiger partial charge in [-0.15, -0.1) is 0 Å². The van der Waals surface area contributed by atoms with E-state index in [4.69, 9.17) is 11.6 Å². The predicted octanol–water partition coefficient (Wildman–Crippen LogP) is 4.75. The fourth-order valence-corrected chi connectivity index (χ4v) is 2.74. The van der Waals surface area contributed by atoms with E-state index < -0.39 is 5.60 Å². The molecule has 0 heterocycles. The van der Waals surface area contributed by atoms with E-state index >= 15 is 0 Å². The minimum atomic E-state index is -0.854. The highest BCUT2D eigenvalue weighted by molar-refractivity contribution is 9.10. The number of benzene rings is 1. The maximum Gasteiger partial charge on any atom is 0.0885 e. The lowest BCUT2D eigenvalue weighted by molar-refractivity contribution is 0.0320. The van der Waals surface area contributed by atoms with Crippen LogP contribution in [-0.2, 0) is 5.60 Å². The highest BCUT2D eigenvalue weighted by atomic mass is 79.9. The Bertz CT molecular complexity index is 363. The Kier molecular flexibility index (Phi) is 4.84. The van der Waals surface area contributed by atoms with Gasteiger partial charge in [0, 0.05) is 15.1 Å². The van der Waals surface area contributed by atoms with E-state index in [-0.39, 0.29) is 0 Å². The van der Waals surface area contributed by atoms with E-state index in [1.807, 2.05) is 25.1 Å². The van der Waals surface area contributed by atoms with Gasteiger partial charge < -0.3 is 5.11 Å². The van der Waals surface area contributed by atoms with E-state index in [1.165, 1.54) is 0 Å². The Hall–Kier alpha value is -0.0500. The Labute approximate surface area is 111 Å². The summed E-state index contributed by atoms with van der Waals surface area (Å²) in [5, 5.41) is 11.1. The van der Waals surface area contributed by atoms with Gasteiger partial charge in [-0.05, 0) is 31.4 Å². The molecule has 2 atom stereocenters. The van der Waals surface area contributed by atoms with E-state index in [0.29, 0.717) is 10.9 Å². The average molecular weight is 306 g/mol. The van der Waals surface area contributed by atoms with Crippen molar-refractivity contribution in [1.82, 2.24) is 0 Å². The minimum Gasteiger partial charge on any atom is -0.385 e. The maximum atomic E-state index is 10.5. The van der Waals surface area contributed by atoms with Gasteiger partial charge in [-0.3, -0.25) is 0 Å². The van der Waals surface area contributed by atoms with Crippen LogP contribution in [0.5, 0.6) is 0 Å². The molecule has 1 N–H and O–H groups in total. The number of hydrogen-bond donors (Lipinski definition) is 1. The van der Waals surface area contributed by atoms with E-state index in [1.54, 1.807) is 0 Å². The second kappa shape index (κ2) is 5.52. The van der Waals surface area contributed by atoms with Crippen molar-refractivity contribution in [3.63, 3.8) is 0 Å². The van der Waals surface area contributed by atoms with Crippen molar-refractivity contribution in [3.05, 3.63) is 33.3 Å². The monoisotopic (exact) mass is 304 g/mol. The van der Waals surface area contributed by atoms with Crippen LogP contribution in [-0.4, -0.2) is 5.11 Å². The molecule has 2 unspecified atom stereocenters. The maximum absolute atomic E-state index is 10.5. The summed E-state index contributed by atoms with van der Waals surface area (Å²) < 4.78 is 0.931. The predicted molar refractivity (Wildman–Crippen MR) is 72.8 cm³/mol. The summed E-state index contributed by atoms with van der Waals surface area (Å²) >= 11 is 9.51. The van der Waals surface area contributed by atoms with Crippen LogP contribution in [0, 0.1) is 5.92 Å². The third-order valence-corrected chi connectivity index (χ3v) is 3.76. The summed E-state index contributed by atoms with van der Waals surface area (Å²) in [6.45, 7) is 6.10. The third kappa shape index (κ3) is 3.47. The topological polar surface area (TPSA) is 20.2 Å². The molecule has 0 fully saturated rings. The van der Waals surface area contributed by atoms with Crippen LogP contribution < -0.4 is 0 Å². The fraction of sp³-hybridized carbons (Fsp3) is 0.538. The van der Waals surface area contributed by atoms with Crippen LogP contribution in [0.2, 0.25) is 5.02 Å². The van der Waals surface area contributed by atoms with E-state index in [0.717, 1.165) is 22.9 Å². The molecule has 1 aromatic rings. The molecule has 1 aromatic carbocycles. The SMILES string of the molecule is CCC(C)CC(C)(O)c1ccc(Br)cc1Cl. The molecule has 90 valence electrons. The van der Waals surface area contributed by atoms with Gasteiger partial charge in [0.1, 0.15) is 0 Å². The molecule has 0 aliphatic rings. The molecule has 16 heavy (non-hydrogen) atoms. The average Bonchev–Trinajstić information content (AvgIpc) is 2.16. The van der Waals surface area contributed by atoms with E-state index in [9.17, 15) is 5.11 Å². The lowest BCUT2D eigenvalue weighted by Gasteiger charge is -2.27. The van der Waals surface area contributed by atoms with Gasteiger partial charge >= 0.3 is 0 Å². The summed E-state index contributed by atoms with van der Waals surface area (Å²) in [6.07, 6.45) is 1.79. The van der Waals surface area contributed by atoms with Crippen molar-refractivity contribution >= 4 is 27.5 Å². The smallest absolute Gasteiger partial charge is 0.0885 e. The lowest BCUT2D eigenvalue weighted by Crippen LogP contribution is -2.24. The molecule has 0 radical (unpaired) electrons. The normalized spacial score (nSPS) is 16.9. The molecule has 1 rings (SSSR count). The molecule has 0 aliphatic heterocycles. The largest absolute Gasteiger partial charge is 0.385 e. The molecular formula is C13H18BrClO. The zero-order valence-corrected chi connectivity index (χ0v) is 12.3. The highest BCUT2D eigenvalue weighted by Crippen LogP contribution is 2.35. The Morgan fingerprint density at radius 1 is 1.50 bits per heavy atom. The Morgan fingerprint density at radius 3 is 2.62 bits per heavy atom. The Balaban J connectivity index is 2.97. The van der Waals surface area contributed by atoms with Crippen molar-refractivity contribution in [3.8, 4) is 0 Å². The summed E-state index contributed by atoms with van der Waals surface area (Å²) in [4.78, 5) is 0. The first-order chi connectivity index (χ1) is 7.36. The molecule has 3 heteroatoms.